The van der Waals surface area contributed by atoms with Crippen LogP contribution in [-0.4, -0.2) is 24.7 Å². The van der Waals surface area contributed by atoms with Crippen LogP contribution >= 0.6 is 0 Å². The molecule has 2 rings (SSSR count). The van der Waals surface area contributed by atoms with Gasteiger partial charge in [0, 0.05) is 24.2 Å². The van der Waals surface area contributed by atoms with Crippen molar-refractivity contribution in [3.63, 3.8) is 0 Å². The first-order valence-corrected chi connectivity index (χ1v) is 7.24. The van der Waals surface area contributed by atoms with Gasteiger partial charge in [0.2, 0.25) is 6.79 Å². The predicted octanol–water partition coefficient (Wildman–Crippen LogP) is 3.41. The van der Waals surface area contributed by atoms with Crippen LogP contribution in [-0.2, 0) is 9.57 Å². The van der Waals surface area contributed by atoms with Crippen molar-refractivity contribution in [2.24, 2.45) is 16.5 Å². The van der Waals surface area contributed by atoms with Gasteiger partial charge in [0.15, 0.2) is 0 Å². The highest BCUT2D eigenvalue weighted by atomic mass is 19.1. The molecule has 1 fully saturated rings. The van der Waals surface area contributed by atoms with Crippen molar-refractivity contribution in [2.75, 3.05) is 13.9 Å². The second kappa shape index (κ2) is 6.71. The monoisotopic (exact) mass is 313 g/mol. The van der Waals surface area contributed by atoms with Crippen LogP contribution in [0, 0.1) is 23.0 Å². The first-order valence-electron chi connectivity index (χ1n) is 7.24. The third kappa shape index (κ3) is 3.28. The second-order valence-electron chi connectivity index (χ2n) is 5.89. The lowest BCUT2D eigenvalue weighted by Crippen LogP contribution is -2.29. The Hall–Kier alpha value is -1.53. The molecule has 0 saturated heterocycles. The molecule has 0 spiro atoms. The molecule has 1 aromatic carbocycles. The summed E-state index contributed by atoms with van der Waals surface area (Å²) < 4.78 is 31.8. The Morgan fingerprint density at radius 2 is 2.05 bits per heavy atom. The first-order chi connectivity index (χ1) is 10.4. The zero-order chi connectivity index (χ0) is 16.3. The molecular weight excluding hydrogens is 292 g/mol. The average molecular weight is 313 g/mol. The van der Waals surface area contributed by atoms with Crippen LogP contribution in [0.4, 0.5) is 8.78 Å². The molecule has 0 bridgehead atoms. The summed E-state index contributed by atoms with van der Waals surface area (Å²) in [7, 11) is 1.49. The van der Waals surface area contributed by atoms with E-state index in [1.807, 2.05) is 13.8 Å². The van der Waals surface area contributed by atoms with E-state index in [2.05, 4.69) is 5.16 Å². The fraction of sp³-hybridized carbons (Fsp3) is 0.562. The number of benzene rings is 1. The van der Waals surface area contributed by atoms with Crippen LogP contribution in [0.3, 0.4) is 0 Å². The lowest BCUT2D eigenvalue weighted by molar-refractivity contribution is -0.0303. The summed E-state index contributed by atoms with van der Waals surface area (Å²) >= 11 is 0. The van der Waals surface area contributed by atoms with Gasteiger partial charge in [-0.2, -0.15) is 0 Å². The van der Waals surface area contributed by atoms with E-state index in [0.29, 0.717) is 18.6 Å². The molecule has 0 amide bonds. The number of aliphatic hydroxyl groups is 1. The van der Waals surface area contributed by atoms with Gasteiger partial charge in [0.1, 0.15) is 11.6 Å². The van der Waals surface area contributed by atoms with Crippen molar-refractivity contribution in [2.45, 2.75) is 32.8 Å². The second-order valence-corrected chi connectivity index (χ2v) is 5.89. The highest BCUT2D eigenvalue weighted by molar-refractivity contribution is 5.94. The standard InChI is InChI=1S/C16H21F2NO3/c1-10(2)14(19-22-9-21-3)16(6-7-16)15(20)12-5-4-11(17)8-13(12)18/h4-5,8,10,15,20H,6-7,9H2,1-3H3. The molecule has 1 N–H and O–H groups in total. The van der Waals surface area contributed by atoms with Crippen molar-refractivity contribution < 1.29 is 23.5 Å². The summed E-state index contributed by atoms with van der Waals surface area (Å²) in [5.41, 5.74) is 0.0976. The van der Waals surface area contributed by atoms with Crippen molar-refractivity contribution in [1.82, 2.24) is 0 Å². The van der Waals surface area contributed by atoms with Gasteiger partial charge >= 0.3 is 0 Å². The van der Waals surface area contributed by atoms with Crippen LogP contribution in [0.25, 0.3) is 0 Å². The van der Waals surface area contributed by atoms with Crippen LogP contribution in [0.2, 0.25) is 0 Å². The van der Waals surface area contributed by atoms with Crippen molar-refractivity contribution >= 4 is 5.71 Å². The number of hydrogen-bond acceptors (Lipinski definition) is 4. The van der Waals surface area contributed by atoms with Crippen LogP contribution < -0.4 is 0 Å². The molecule has 1 saturated carbocycles. The molecule has 122 valence electrons. The van der Waals surface area contributed by atoms with Gasteiger partial charge in [-0.05, 0) is 24.8 Å². The molecule has 1 aliphatic carbocycles. The Kier molecular flexibility index (Phi) is 5.13. The van der Waals surface area contributed by atoms with Crippen LogP contribution in [0.15, 0.2) is 23.4 Å². The molecule has 0 heterocycles. The van der Waals surface area contributed by atoms with Gasteiger partial charge in [0.25, 0.3) is 0 Å². The summed E-state index contributed by atoms with van der Waals surface area (Å²) in [6, 6.07) is 3.21. The summed E-state index contributed by atoms with van der Waals surface area (Å²) in [6.07, 6.45) is 0.275. The number of hydrogen-bond donors (Lipinski definition) is 1. The fourth-order valence-electron chi connectivity index (χ4n) is 2.75. The Bertz CT molecular complexity index is 556. The summed E-state index contributed by atoms with van der Waals surface area (Å²) in [4.78, 5) is 5.07. The molecular formula is C16H21F2NO3. The molecule has 6 heteroatoms. The van der Waals surface area contributed by atoms with Gasteiger partial charge in [-0.25, -0.2) is 8.78 Å². The number of halogens is 2. The third-order valence-corrected chi connectivity index (χ3v) is 3.96. The molecule has 0 radical (unpaired) electrons. The Labute approximate surface area is 128 Å². The van der Waals surface area contributed by atoms with E-state index in [4.69, 9.17) is 9.57 Å². The summed E-state index contributed by atoms with van der Waals surface area (Å²) in [5.74, 6) is -1.39. The SMILES string of the molecule is COCON=C(C(C)C)C1(C(O)c2ccc(F)cc2F)CC1. The van der Waals surface area contributed by atoms with E-state index in [-0.39, 0.29) is 18.3 Å². The maximum absolute atomic E-state index is 13.9. The van der Waals surface area contributed by atoms with Gasteiger partial charge < -0.3 is 14.7 Å². The van der Waals surface area contributed by atoms with Gasteiger partial charge in [-0.15, -0.1) is 0 Å². The van der Waals surface area contributed by atoms with Crippen LogP contribution in [0.5, 0.6) is 0 Å². The van der Waals surface area contributed by atoms with E-state index < -0.39 is 23.2 Å². The summed E-state index contributed by atoms with van der Waals surface area (Å²) in [6.45, 7) is 3.87. The van der Waals surface area contributed by atoms with Crippen molar-refractivity contribution in [3.05, 3.63) is 35.4 Å². The van der Waals surface area contributed by atoms with Crippen LogP contribution in [0.1, 0.15) is 38.4 Å². The highest BCUT2D eigenvalue weighted by Gasteiger charge is 2.55. The number of aliphatic hydroxyl groups excluding tert-OH is 1. The summed E-state index contributed by atoms with van der Waals surface area (Å²) in [5, 5.41) is 14.7. The minimum Gasteiger partial charge on any atom is -0.387 e. The zero-order valence-corrected chi connectivity index (χ0v) is 13.0. The predicted molar refractivity (Wildman–Crippen MR) is 78.2 cm³/mol. The van der Waals surface area contributed by atoms with E-state index in [0.717, 1.165) is 12.1 Å². The van der Waals surface area contributed by atoms with Crippen molar-refractivity contribution in [3.8, 4) is 0 Å². The van der Waals surface area contributed by atoms with Gasteiger partial charge in [-0.3, -0.25) is 0 Å². The zero-order valence-electron chi connectivity index (χ0n) is 13.0. The Morgan fingerprint density at radius 3 is 2.55 bits per heavy atom. The fourth-order valence-corrected chi connectivity index (χ4v) is 2.75. The lowest BCUT2D eigenvalue weighted by Gasteiger charge is -2.26. The highest BCUT2D eigenvalue weighted by Crippen LogP contribution is 2.57. The molecule has 1 atom stereocenters. The molecule has 0 aromatic heterocycles. The number of methoxy groups -OCH3 is 1. The molecule has 22 heavy (non-hydrogen) atoms. The number of ether oxygens (including phenoxy) is 1. The smallest absolute Gasteiger partial charge is 0.216 e. The molecule has 1 aliphatic rings. The topological polar surface area (TPSA) is 51.0 Å². The van der Waals surface area contributed by atoms with Crippen molar-refractivity contribution in [1.29, 1.82) is 0 Å². The van der Waals surface area contributed by atoms with E-state index >= 15 is 0 Å². The molecule has 1 aromatic rings. The Balaban J connectivity index is 2.29. The van der Waals surface area contributed by atoms with Gasteiger partial charge in [-0.1, -0.05) is 25.1 Å². The van der Waals surface area contributed by atoms with E-state index in [1.165, 1.54) is 13.2 Å². The maximum Gasteiger partial charge on any atom is 0.216 e. The average Bonchev–Trinajstić information content (AvgIpc) is 3.24. The number of rotatable bonds is 7. The third-order valence-electron chi connectivity index (χ3n) is 3.96. The largest absolute Gasteiger partial charge is 0.387 e. The van der Waals surface area contributed by atoms with E-state index in [9.17, 15) is 13.9 Å². The molecule has 1 unspecified atom stereocenters. The molecule has 0 aliphatic heterocycles. The first kappa shape index (κ1) is 16.8. The van der Waals surface area contributed by atoms with Gasteiger partial charge in [0.05, 0.1) is 11.8 Å². The normalized spacial score (nSPS) is 18.4. The Morgan fingerprint density at radius 1 is 1.36 bits per heavy atom. The lowest BCUT2D eigenvalue weighted by atomic mass is 9.83. The minimum atomic E-state index is -1.08. The maximum atomic E-state index is 13.9. The quantitative estimate of drug-likeness (QED) is 0.363. The minimum absolute atomic E-state index is 0.00725. The van der Waals surface area contributed by atoms with E-state index in [1.54, 1.807) is 0 Å². The number of nitrogens with zero attached hydrogens (tertiary/aromatic N) is 1. The molecule has 4 nitrogen and oxygen atoms in total. The number of oxime groups is 1.